The van der Waals surface area contributed by atoms with E-state index in [2.05, 4.69) is 69.5 Å². The van der Waals surface area contributed by atoms with Crippen molar-refractivity contribution in [1.29, 1.82) is 0 Å². The van der Waals surface area contributed by atoms with Gasteiger partial charge in [-0.3, -0.25) is 14.6 Å². The van der Waals surface area contributed by atoms with Crippen molar-refractivity contribution in [2.24, 2.45) is 10.9 Å². The second kappa shape index (κ2) is 20.8. The third-order valence-corrected chi connectivity index (χ3v) is 12.7. The molecule has 3 aliphatic heterocycles. The Hall–Kier alpha value is -7.16. The summed E-state index contributed by atoms with van der Waals surface area (Å²) in [6.45, 7) is 5.95. The molecule has 8 rings (SSSR count). The zero-order valence-corrected chi connectivity index (χ0v) is 37.9. The van der Waals surface area contributed by atoms with Crippen LogP contribution in [0.3, 0.4) is 0 Å². The molecule has 5 atom stereocenters. The van der Waals surface area contributed by atoms with Gasteiger partial charge in [0, 0.05) is 19.5 Å². The fraction of sp³-hybridized carbons (Fsp3) is 0.373. The number of amides is 4. The number of H-pyrrole nitrogens is 1. The highest BCUT2D eigenvalue weighted by Gasteiger charge is 2.40. The Balaban J connectivity index is 0.865. The Morgan fingerprint density at radius 3 is 2.02 bits per heavy atom. The van der Waals surface area contributed by atoms with Gasteiger partial charge in [-0.15, -0.1) is 0 Å². The van der Waals surface area contributed by atoms with Gasteiger partial charge < -0.3 is 44.9 Å². The molecule has 15 heteroatoms. The van der Waals surface area contributed by atoms with E-state index in [0.717, 1.165) is 76.4 Å². The first-order chi connectivity index (χ1) is 32.1. The van der Waals surface area contributed by atoms with E-state index in [1.807, 2.05) is 78.2 Å². The van der Waals surface area contributed by atoms with Gasteiger partial charge in [0.05, 0.1) is 50.8 Å². The number of hydrogen-bond donors (Lipinski definition) is 4. The molecule has 2 saturated heterocycles. The number of likely N-dealkylation sites (tertiary alicyclic amines) is 2. The maximum absolute atomic E-state index is 14.2. The fourth-order valence-corrected chi connectivity index (χ4v) is 9.06. The van der Waals surface area contributed by atoms with Crippen LogP contribution in [0.15, 0.2) is 114 Å². The molecule has 4 heterocycles. The Morgan fingerprint density at radius 1 is 0.727 bits per heavy atom. The predicted molar refractivity (Wildman–Crippen MR) is 250 cm³/mol. The molecule has 1 unspecified atom stereocenters. The predicted octanol–water partition coefficient (Wildman–Crippen LogP) is 7.37. The normalized spacial score (nSPS) is 18.9. The molecule has 0 saturated carbocycles. The fourth-order valence-electron chi connectivity index (χ4n) is 9.06. The maximum Gasteiger partial charge on any atom is 0.407 e. The molecule has 0 radical (unpaired) electrons. The summed E-state index contributed by atoms with van der Waals surface area (Å²) < 4.78 is 15.6. The second-order valence-electron chi connectivity index (χ2n) is 17.4. The summed E-state index contributed by atoms with van der Waals surface area (Å²) >= 11 is 0. The van der Waals surface area contributed by atoms with Gasteiger partial charge in [-0.25, -0.2) is 14.6 Å². The molecule has 1 aromatic heterocycles. The second-order valence-corrected chi connectivity index (χ2v) is 17.4. The average Bonchev–Trinajstić information content (AvgIpc) is 4.20. The smallest absolute Gasteiger partial charge is 0.407 e. The van der Waals surface area contributed by atoms with Crippen molar-refractivity contribution in [3.05, 3.63) is 132 Å². The summed E-state index contributed by atoms with van der Waals surface area (Å²) in [5.74, 6) is 1.79. The number of nitrogens with zero attached hydrogens (tertiary/aromatic N) is 4. The number of benzene rings is 4. The number of amidine groups is 1. The van der Waals surface area contributed by atoms with Gasteiger partial charge in [0.15, 0.2) is 0 Å². The lowest BCUT2D eigenvalue weighted by atomic mass is 9.99. The van der Waals surface area contributed by atoms with Crippen LogP contribution in [-0.2, 0) is 32.1 Å². The lowest BCUT2D eigenvalue weighted by Crippen LogP contribution is -2.53. The highest BCUT2D eigenvalue weighted by molar-refractivity contribution is 5.95. The van der Waals surface area contributed by atoms with Crippen LogP contribution in [0.1, 0.15) is 74.1 Å². The number of aliphatic imine (C=N–C) groups is 1. The van der Waals surface area contributed by atoms with Crippen LogP contribution in [0.4, 0.5) is 9.59 Å². The van der Waals surface area contributed by atoms with Crippen LogP contribution in [-0.4, -0.2) is 102 Å². The Kier molecular flexibility index (Phi) is 14.3. The molecule has 15 nitrogen and oxygen atoms in total. The number of ether oxygens (including phenoxy) is 3. The molecule has 2 fully saturated rings. The highest BCUT2D eigenvalue weighted by atomic mass is 16.5. The summed E-state index contributed by atoms with van der Waals surface area (Å²) in [5, 5.41) is 9.10. The monoisotopic (exact) mass is 894 g/mol. The number of nitrogens with one attached hydrogen (secondary N) is 4. The van der Waals surface area contributed by atoms with E-state index < -0.39 is 24.3 Å². The average molecular weight is 895 g/mol. The molecule has 4 aromatic carbocycles. The van der Waals surface area contributed by atoms with E-state index >= 15 is 0 Å². The van der Waals surface area contributed by atoms with Crippen molar-refractivity contribution >= 4 is 29.8 Å². The van der Waals surface area contributed by atoms with Crippen molar-refractivity contribution < 1.29 is 33.4 Å². The van der Waals surface area contributed by atoms with Crippen LogP contribution in [0.5, 0.6) is 5.75 Å². The lowest BCUT2D eigenvalue weighted by molar-refractivity contribution is -0.135. The first-order valence-electron chi connectivity index (χ1n) is 22.7. The Morgan fingerprint density at radius 2 is 1.35 bits per heavy atom. The number of alkyl carbamates (subject to hydrolysis) is 2. The quantitative estimate of drug-likeness (QED) is 0.0835. The number of aromatic amines is 1. The van der Waals surface area contributed by atoms with Gasteiger partial charge >= 0.3 is 12.2 Å². The molecule has 66 heavy (non-hydrogen) atoms. The topological polar surface area (TPSA) is 180 Å². The molecular formula is C51H58N8O7. The Bertz CT molecular complexity index is 2490. The molecule has 4 amide bonds. The van der Waals surface area contributed by atoms with Crippen LogP contribution in [0.25, 0.3) is 22.4 Å². The van der Waals surface area contributed by atoms with E-state index in [9.17, 15) is 19.2 Å². The van der Waals surface area contributed by atoms with Crippen molar-refractivity contribution in [3.8, 4) is 28.1 Å². The van der Waals surface area contributed by atoms with Crippen molar-refractivity contribution in [2.45, 2.75) is 82.8 Å². The molecule has 5 aromatic rings. The first kappa shape index (κ1) is 45.4. The SMILES string of the molecule is COC(=O)N[C@@H](Cc1ccc(OCc2ccccc2)cc1)C(=O)N1CCC[C@H]1C1=NCC(c2ccc(-c3ccc(-c4cnc([C@@H]5CCCN5C(=O)[C@@H](NC(=O)OC)C(C)C)[nH]4)cc3)cc2)N1. The van der Waals surface area contributed by atoms with E-state index in [0.29, 0.717) is 38.4 Å². The number of methoxy groups -OCH3 is 2. The number of hydrogen-bond acceptors (Lipinski definition) is 10. The molecule has 0 bridgehead atoms. The first-order valence-corrected chi connectivity index (χ1v) is 22.7. The van der Waals surface area contributed by atoms with Gasteiger partial charge in [0.2, 0.25) is 11.8 Å². The molecule has 0 spiro atoms. The largest absolute Gasteiger partial charge is 0.489 e. The summed E-state index contributed by atoms with van der Waals surface area (Å²) in [5.41, 5.74) is 7.01. The minimum Gasteiger partial charge on any atom is -0.489 e. The van der Waals surface area contributed by atoms with E-state index in [1.165, 1.54) is 14.2 Å². The minimum atomic E-state index is -0.826. The van der Waals surface area contributed by atoms with Crippen LogP contribution >= 0.6 is 0 Å². The molecule has 0 aliphatic carbocycles. The maximum atomic E-state index is 14.2. The molecule has 3 aliphatic rings. The van der Waals surface area contributed by atoms with Crippen molar-refractivity contribution in [1.82, 2.24) is 35.7 Å². The standard InChI is InChI=1S/C51H58N8O7/c1-32(2)45(57-51(63)65-4)49(61)59-27-9-13-44(59)47-53-30-42(55-47)38-22-18-36(19-23-38)35-16-20-37(21-17-35)41-29-52-46(54-41)43-12-8-26-58(43)48(60)40(56-50(62)64-3)28-33-14-24-39(25-15-33)66-31-34-10-6-5-7-11-34/h5-7,10-11,14-25,30,32,40-41,43-45H,8-9,12-13,26-29,31H2,1-4H3,(H,52,54)(H,53,55)(H,56,62)(H,57,63)/t40-,41?,43-,44-,45-/m0/s1. The number of rotatable bonds is 15. The number of aromatic nitrogens is 2. The lowest BCUT2D eigenvalue weighted by Gasteiger charge is -2.30. The third-order valence-electron chi connectivity index (χ3n) is 12.7. The van der Waals surface area contributed by atoms with Crippen LogP contribution in [0, 0.1) is 5.92 Å². The Labute approximate surface area is 385 Å². The minimum absolute atomic E-state index is 0.0402. The van der Waals surface area contributed by atoms with Crippen LogP contribution < -0.4 is 20.7 Å². The van der Waals surface area contributed by atoms with E-state index in [1.54, 1.807) is 6.20 Å². The summed E-state index contributed by atoms with van der Waals surface area (Å²) in [4.78, 5) is 69.0. The van der Waals surface area contributed by atoms with Gasteiger partial charge in [0.1, 0.15) is 36.1 Å². The van der Waals surface area contributed by atoms with Gasteiger partial charge in [-0.05, 0) is 77.1 Å². The van der Waals surface area contributed by atoms with Crippen molar-refractivity contribution in [3.63, 3.8) is 0 Å². The summed E-state index contributed by atoms with van der Waals surface area (Å²) in [6.07, 6.45) is 4.02. The summed E-state index contributed by atoms with van der Waals surface area (Å²) in [7, 11) is 2.58. The zero-order chi connectivity index (χ0) is 46.2. The number of carbonyl (C=O) groups is 4. The zero-order valence-electron chi connectivity index (χ0n) is 37.9. The summed E-state index contributed by atoms with van der Waals surface area (Å²) in [6, 6.07) is 32.3. The van der Waals surface area contributed by atoms with Crippen LogP contribution in [0.2, 0.25) is 0 Å². The highest BCUT2D eigenvalue weighted by Crippen LogP contribution is 2.34. The van der Waals surface area contributed by atoms with Gasteiger partial charge in [-0.2, -0.15) is 0 Å². The third kappa shape index (κ3) is 10.5. The molecule has 344 valence electrons. The van der Waals surface area contributed by atoms with E-state index in [-0.39, 0.29) is 35.9 Å². The van der Waals surface area contributed by atoms with Gasteiger partial charge in [0.25, 0.3) is 0 Å². The van der Waals surface area contributed by atoms with Crippen molar-refractivity contribution in [2.75, 3.05) is 33.9 Å². The number of carbonyl (C=O) groups excluding carboxylic acids is 4. The van der Waals surface area contributed by atoms with Gasteiger partial charge in [-0.1, -0.05) is 105 Å². The molecular weight excluding hydrogens is 837 g/mol. The number of imidazole rings is 1. The van der Waals surface area contributed by atoms with E-state index in [4.69, 9.17) is 24.2 Å². The molecule has 4 N–H and O–H groups in total.